The van der Waals surface area contributed by atoms with Crippen LogP contribution in [0.25, 0.3) is 10.9 Å². The van der Waals surface area contributed by atoms with Gasteiger partial charge in [0.1, 0.15) is 0 Å². The van der Waals surface area contributed by atoms with Crippen molar-refractivity contribution < 1.29 is 0 Å². The molecule has 8 rings (SSSR count). The molecule has 3 fully saturated rings. The van der Waals surface area contributed by atoms with Gasteiger partial charge in [-0.1, -0.05) is 66.6 Å². The van der Waals surface area contributed by atoms with Gasteiger partial charge in [0.2, 0.25) is 0 Å². The molecule has 4 aromatic rings. The largest absolute Gasteiger partial charge is 0.382 e. The molecule has 0 spiro atoms. The van der Waals surface area contributed by atoms with Gasteiger partial charge in [-0.15, -0.1) is 5.10 Å². The number of aromatic nitrogens is 4. The van der Waals surface area contributed by atoms with Crippen molar-refractivity contribution in [2.75, 3.05) is 18.4 Å². The standard InChI is InChI=1S/C42H58N8/c43-30-19-21-33-34-22-20-31(44)27-40(34)49(42(37(33)26-30)29-12-4-3-5-13-29)24-11-2-1-6-14-32-28-46-48-50(32)25-23-45-41-35-15-7-9-17-38(35)47-39-18-10-8-16-36(39)41/h3-5,7,9,12-13,15,17,28,30-31,33-34,37,40,42H,1-2,6,8,10-11,14,16,18-27,43-44H2,(H,45,47)/t30?,31?,33?,34-,37?,40-,42?/m0/s1. The molecule has 266 valence electrons. The second kappa shape index (κ2) is 15.5. The number of fused-ring (bicyclic) bond motifs is 5. The number of hydrogen-bond donors (Lipinski definition) is 3. The summed E-state index contributed by atoms with van der Waals surface area (Å²) in [5.74, 6) is 2.22. The highest BCUT2D eigenvalue weighted by molar-refractivity contribution is 5.93. The summed E-state index contributed by atoms with van der Waals surface area (Å²) in [7, 11) is 0. The first-order chi connectivity index (χ1) is 24.6. The number of pyridine rings is 1. The van der Waals surface area contributed by atoms with Crippen LogP contribution in [0.4, 0.5) is 5.69 Å². The van der Waals surface area contributed by atoms with Crippen LogP contribution in [0.2, 0.25) is 0 Å². The van der Waals surface area contributed by atoms with E-state index >= 15 is 0 Å². The van der Waals surface area contributed by atoms with Gasteiger partial charge in [-0.25, -0.2) is 4.68 Å². The van der Waals surface area contributed by atoms with Crippen LogP contribution in [0.15, 0.2) is 60.8 Å². The molecule has 8 heteroatoms. The van der Waals surface area contributed by atoms with Crippen LogP contribution >= 0.6 is 0 Å². The number of hydrogen-bond acceptors (Lipinski definition) is 7. The van der Waals surface area contributed by atoms with E-state index < -0.39 is 0 Å². The van der Waals surface area contributed by atoms with E-state index in [4.69, 9.17) is 16.5 Å². The van der Waals surface area contributed by atoms with Crippen molar-refractivity contribution in [3.05, 3.63) is 83.3 Å². The minimum absolute atomic E-state index is 0.334. The summed E-state index contributed by atoms with van der Waals surface area (Å²) in [5, 5.41) is 13.8. The maximum Gasteiger partial charge on any atom is 0.0726 e. The van der Waals surface area contributed by atoms with E-state index in [0.29, 0.717) is 30.1 Å². The van der Waals surface area contributed by atoms with Crippen molar-refractivity contribution in [1.82, 2.24) is 24.9 Å². The highest BCUT2D eigenvalue weighted by atomic mass is 15.4. The Labute approximate surface area is 298 Å². The van der Waals surface area contributed by atoms with Crippen LogP contribution in [0, 0.1) is 17.8 Å². The molecule has 3 heterocycles. The Bertz CT molecular complexity index is 1700. The average molecular weight is 675 g/mol. The number of aryl methyl sites for hydroxylation is 2. The first kappa shape index (κ1) is 33.8. The third kappa shape index (κ3) is 7.08. The number of para-hydroxylation sites is 1. The van der Waals surface area contributed by atoms with E-state index in [2.05, 4.69) is 79.8 Å². The fourth-order valence-corrected chi connectivity index (χ4v) is 10.6. The molecule has 2 aromatic carbocycles. The van der Waals surface area contributed by atoms with Crippen LogP contribution in [0.3, 0.4) is 0 Å². The summed E-state index contributed by atoms with van der Waals surface area (Å²) < 4.78 is 2.11. The van der Waals surface area contributed by atoms with Gasteiger partial charge < -0.3 is 16.8 Å². The van der Waals surface area contributed by atoms with Gasteiger partial charge in [0.25, 0.3) is 0 Å². The maximum absolute atomic E-state index is 6.67. The predicted molar refractivity (Wildman–Crippen MR) is 203 cm³/mol. The summed E-state index contributed by atoms with van der Waals surface area (Å²) >= 11 is 0. The monoisotopic (exact) mass is 674 g/mol. The Morgan fingerprint density at radius 2 is 1.54 bits per heavy atom. The second-order valence-electron chi connectivity index (χ2n) is 16.0. The van der Waals surface area contributed by atoms with Gasteiger partial charge in [0.15, 0.2) is 0 Å². The molecular weight excluding hydrogens is 617 g/mol. The summed E-state index contributed by atoms with van der Waals surface area (Å²) in [5.41, 5.74) is 21.1. The minimum Gasteiger partial charge on any atom is -0.382 e. The quantitative estimate of drug-likeness (QED) is 0.136. The van der Waals surface area contributed by atoms with E-state index in [9.17, 15) is 0 Å². The Balaban J connectivity index is 0.867. The van der Waals surface area contributed by atoms with E-state index in [-0.39, 0.29) is 0 Å². The van der Waals surface area contributed by atoms with E-state index in [0.717, 1.165) is 69.1 Å². The summed E-state index contributed by atoms with van der Waals surface area (Å²) in [4.78, 5) is 7.93. The molecule has 2 aromatic heterocycles. The normalized spacial score (nSPS) is 28.2. The molecule has 1 aliphatic heterocycles. The van der Waals surface area contributed by atoms with Crippen molar-refractivity contribution in [2.24, 2.45) is 29.2 Å². The highest BCUT2D eigenvalue weighted by Crippen LogP contribution is 2.54. The number of benzene rings is 2. The van der Waals surface area contributed by atoms with E-state index in [1.54, 1.807) is 0 Å². The lowest BCUT2D eigenvalue weighted by Gasteiger charge is -2.59. The third-order valence-electron chi connectivity index (χ3n) is 12.9. The van der Waals surface area contributed by atoms with Crippen molar-refractivity contribution >= 4 is 16.6 Å². The Hall–Kier alpha value is -3.33. The third-order valence-corrected chi connectivity index (χ3v) is 12.9. The van der Waals surface area contributed by atoms with Gasteiger partial charge in [0.05, 0.1) is 24.0 Å². The molecule has 50 heavy (non-hydrogen) atoms. The smallest absolute Gasteiger partial charge is 0.0726 e. The van der Waals surface area contributed by atoms with Gasteiger partial charge in [0, 0.05) is 47.5 Å². The van der Waals surface area contributed by atoms with Gasteiger partial charge in [-0.3, -0.25) is 9.88 Å². The fourth-order valence-electron chi connectivity index (χ4n) is 10.6. The molecule has 2 saturated carbocycles. The van der Waals surface area contributed by atoms with Crippen molar-refractivity contribution in [1.29, 1.82) is 0 Å². The topological polar surface area (TPSA) is 111 Å². The molecule has 3 aliphatic carbocycles. The number of anilines is 1. The summed E-state index contributed by atoms with van der Waals surface area (Å²) in [6, 6.07) is 21.7. The lowest BCUT2D eigenvalue weighted by molar-refractivity contribution is -0.0871. The molecule has 4 aliphatic rings. The van der Waals surface area contributed by atoms with Crippen molar-refractivity contribution in [2.45, 2.75) is 127 Å². The van der Waals surface area contributed by atoms with E-state index in [1.807, 2.05) is 6.20 Å². The molecule has 0 bridgehead atoms. The zero-order valence-electron chi connectivity index (χ0n) is 29.9. The zero-order valence-corrected chi connectivity index (χ0v) is 29.9. The molecule has 5 unspecified atom stereocenters. The lowest BCUT2D eigenvalue weighted by Crippen LogP contribution is -2.60. The maximum atomic E-state index is 6.67. The first-order valence-corrected chi connectivity index (χ1v) is 20.0. The summed E-state index contributed by atoms with van der Waals surface area (Å²) in [6.45, 7) is 2.80. The van der Waals surface area contributed by atoms with Crippen LogP contribution in [-0.4, -0.2) is 56.1 Å². The number of piperidine rings is 1. The average Bonchev–Trinajstić information content (AvgIpc) is 3.59. The number of nitrogens with two attached hydrogens (primary N) is 2. The fraction of sp³-hybridized carbons (Fsp3) is 0.595. The van der Waals surface area contributed by atoms with Crippen molar-refractivity contribution in [3.63, 3.8) is 0 Å². The minimum atomic E-state index is 0.334. The molecule has 8 nitrogen and oxygen atoms in total. The first-order valence-electron chi connectivity index (χ1n) is 20.0. The number of nitrogens with one attached hydrogen (secondary N) is 1. The highest BCUT2D eigenvalue weighted by Gasteiger charge is 2.51. The molecule has 1 saturated heterocycles. The molecular formula is C42H58N8. The lowest BCUT2D eigenvalue weighted by atomic mass is 9.58. The Morgan fingerprint density at radius 1 is 0.760 bits per heavy atom. The van der Waals surface area contributed by atoms with Gasteiger partial charge >= 0.3 is 0 Å². The van der Waals surface area contributed by atoms with E-state index in [1.165, 1.54) is 97.8 Å². The van der Waals surface area contributed by atoms with Gasteiger partial charge in [-0.2, -0.15) is 0 Å². The zero-order chi connectivity index (χ0) is 33.9. The SMILES string of the molecule is NC1CCC2C(C1)C(c1ccccc1)N(CCCCCCc1cnnn1CCNc1c3c(nc4ccccc14)CCCC3)[C@H]1CC(N)CC[C@@H]21. The number of unbranched alkanes of at least 4 members (excludes halogenated alkanes) is 3. The Morgan fingerprint density at radius 3 is 2.44 bits per heavy atom. The number of likely N-dealkylation sites (tertiary alicyclic amines) is 1. The number of rotatable bonds is 12. The Kier molecular flexibility index (Phi) is 10.5. The van der Waals surface area contributed by atoms with Crippen LogP contribution in [0.5, 0.6) is 0 Å². The number of nitrogens with zero attached hydrogens (tertiary/aromatic N) is 5. The second-order valence-corrected chi connectivity index (χ2v) is 16.0. The van der Waals surface area contributed by atoms with Gasteiger partial charge in [-0.05, 0) is 125 Å². The summed E-state index contributed by atoms with van der Waals surface area (Å²) in [6.07, 6.45) is 19.8. The molecule has 0 radical (unpaired) electrons. The molecule has 5 N–H and O–H groups in total. The molecule has 7 atom stereocenters. The van der Waals surface area contributed by atoms with Crippen molar-refractivity contribution in [3.8, 4) is 0 Å². The van der Waals surface area contributed by atoms with Crippen LogP contribution < -0.4 is 16.8 Å². The van der Waals surface area contributed by atoms with Crippen LogP contribution in [-0.2, 0) is 25.8 Å². The predicted octanol–water partition coefficient (Wildman–Crippen LogP) is 7.22. The molecule has 0 amide bonds. The van der Waals surface area contributed by atoms with Crippen LogP contribution in [0.1, 0.15) is 106 Å².